The molecule has 0 saturated carbocycles. The van der Waals surface area contributed by atoms with Crippen LogP contribution < -0.4 is 0 Å². The fraction of sp³-hybridized carbons (Fsp3) is 0. The average molecular weight is 941 g/mol. The minimum Gasteiger partial charge on any atom is -0.309 e. The zero-order valence-corrected chi connectivity index (χ0v) is 40.2. The van der Waals surface area contributed by atoms with E-state index >= 15 is 0 Å². The van der Waals surface area contributed by atoms with Gasteiger partial charge in [-0.2, -0.15) is 0 Å². The molecule has 0 atom stereocenters. The van der Waals surface area contributed by atoms with Crippen molar-refractivity contribution in [1.82, 2.24) is 19.1 Å². The Balaban J connectivity index is 0.941. The highest BCUT2D eigenvalue weighted by atomic mass is 15.0. The van der Waals surface area contributed by atoms with E-state index in [2.05, 4.69) is 264 Å². The van der Waals surface area contributed by atoms with Gasteiger partial charge in [0, 0.05) is 54.9 Å². The molecular formula is C70H44N4. The number of benzene rings is 12. The van der Waals surface area contributed by atoms with Crippen molar-refractivity contribution in [2.75, 3.05) is 0 Å². The average Bonchev–Trinajstić information content (AvgIpc) is 4.02. The van der Waals surface area contributed by atoms with Gasteiger partial charge in [0.15, 0.2) is 0 Å². The summed E-state index contributed by atoms with van der Waals surface area (Å²) in [5.74, 6) is 0. The van der Waals surface area contributed by atoms with Crippen molar-refractivity contribution in [3.8, 4) is 67.5 Å². The molecule has 4 heteroatoms. The minimum absolute atomic E-state index is 0.845. The van der Waals surface area contributed by atoms with Crippen LogP contribution >= 0.6 is 0 Å². The molecule has 0 radical (unpaired) electrons. The van der Waals surface area contributed by atoms with Gasteiger partial charge in [0.05, 0.1) is 50.5 Å². The van der Waals surface area contributed by atoms with Crippen LogP contribution in [0.2, 0.25) is 0 Å². The zero-order valence-electron chi connectivity index (χ0n) is 40.2. The van der Waals surface area contributed by atoms with Crippen molar-refractivity contribution < 1.29 is 0 Å². The van der Waals surface area contributed by atoms with E-state index in [9.17, 15) is 0 Å². The Morgan fingerprint density at radius 2 is 0.622 bits per heavy atom. The summed E-state index contributed by atoms with van der Waals surface area (Å²) in [7, 11) is 0. The molecule has 3 heterocycles. The van der Waals surface area contributed by atoms with Gasteiger partial charge in [0.1, 0.15) is 0 Å². The first kappa shape index (κ1) is 41.8. The number of aromatic nitrogens is 4. The highest BCUT2D eigenvalue weighted by Crippen LogP contribution is 2.44. The Labute approximate surface area is 427 Å². The predicted molar refractivity (Wildman–Crippen MR) is 310 cm³/mol. The molecule has 0 amide bonds. The van der Waals surface area contributed by atoms with Crippen LogP contribution in [0.4, 0.5) is 0 Å². The number of nitrogens with zero attached hydrogens (tertiary/aromatic N) is 4. The maximum Gasteiger partial charge on any atom is 0.0973 e. The maximum atomic E-state index is 5.60. The van der Waals surface area contributed by atoms with Crippen molar-refractivity contribution in [1.29, 1.82) is 0 Å². The van der Waals surface area contributed by atoms with Crippen LogP contribution in [0.3, 0.4) is 0 Å². The maximum absolute atomic E-state index is 5.60. The van der Waals surface area contributed by atoms with E-state index in [1.54, 1.807) is 0 Å². The SMILES string of the molecule is c1ccc(-c2nc(-c3ccccc3)c(-c3ccc4c(ccc5c(-n6c7ccccc7c7ccc(-c8ccc9c%10ccccc%10n(-c%10ccccc%10)c9c8)cc76)cc6ccccc6c54)c3)nc2-c2ccccc2)cc1. The van der Waals surface area contributed by atoms with Crippen LogP contribution in [0.1, 0.15) is 0 Å². The van der Waals surface area contributed by atoms with Gasteiger partial charge < -0.3 is 9.13 Å². The van der Waals surface area contributed by atoms with E-state index in [-0.39, 0.29) is 0 Å². The molecule has 0 aliphatic carbocycles. The van der Waals surface area contributed by atoms with Crippen LogP contribution in [0.5, 0.6) is 0 Å². The second kappa shape index (κ2) is 16.9. The van der Waals surface area contributed by atoms with Crippen LogP contribution in [0, 0.1) is 0 Å². The third-order valence-electron chi connectivity index (χ3n) is 15.1. The Hall–Kier alpha value is -9.90. The second-order valence-electron chi connectivity index (χ2n) is 19.3. The van der Waals surface area contributed by atoms with Crippen molar-refractivity contribution >= 4 is 75.9 Å². The third-order valence-corrected chi connectivity index (χ3v) is 15.1. The van der Waals surface area contributed by atoms with E-state index in [0.717, 1.165) is 61.8 Å². The summed E-state index contributed by atoms with van der Waals surface area (Å²) >= 11 is 0. The van der Waals surface area contributed by atoms with Crippen molar-refractivity contribution in [2.24, 2.45) is 0 Å². The summed E-state index contributed by atoms with van der Waals surface area (Å²) in [6.45, 7) is 0. The topological polar surface area (TPSA) is 35.6 Å². The Bertz CT molecular complexity index is 4690. The van der Waals surface area contributed by atoms with E-state index in [1.807, 2.05) is 12.1 Å². The monoisotopic (exact) mass is 940 g/mol. The van der Waals surface area contributed by atoms with Crippen LogP contribution in [0.25, 0.3) is 143 Å². The molecule has 0 N–H and O–H groups in total. The third kappa shape index (κ3) is 6.62. The Kier molecular flexibility index (Phi) is 9.54. The van der Waals surface area contributed by atoms with Crippen LogP contribution in [-0.4, -0.2) is 19.1 Å². The summed E-state index contributed by atoms with van der Waals surface area (Å²) < 4.78 is 4.90. The standard InChI is InChI=1S/C70H44N4/c1-5-19-45(20-6-1)67-68(46-21-7-2-8-22-46)72-70(69(71-67)47-23-9-3-10-24-47)52-36-37-55-51(41-52)35-40-60-65(44-50-25-13-14-28-54(50)66(55)60)74-62-32-18-16-30-57(62)59-39-34-49(43-64(59)74)48-33-38-58-56-29-15-17-31-61(56)73(63(58)42-48)53-26-11-4-12-27-53/h1-44H. The summed E-state index contributed by atoms with van der Waals surface area (Å²) in [5, 5.41) is 12.1. The zero-order chi connectivity index (χ0) is 48.7. The van der Waals surface area contributed by atoms with Gasteiger partial charge >= 0.3 is 0 Å². The van der Waals surface area contributed by atoms with E-state index in [4.69, 9.17) is 9.97 Å². The molecule has 344 valence electrons. The first-order valence-corrected chi connectivity index (χ1v) is 25.3. The minimum atomic E-state index is 0.845. The molecule has 0 bridgehead atoms. The van der Waals surface area contributed by atoms with E-state index < -0.39 is 0 Å². The molecule has 74 heavy (non-hydrogen) atoms. The van der Waals surface area contributed by atoms with Crippen molar-refractivity contribution in [3.05, 3.63) is 267 Å². The van der Waals surface area contributed by atoms with Gasteiger partial charge in [0.25, 0.3) is 0 Å². The first-order chi connectivity index (χ1) is 36.7. The molecule has 12 aromatic carbocycles. The van der Waals surface area contributed by atoms with E-state index in [0.29, 0.717) is 0 Å². The number of para-hydroxylation sites is 3. The molecular weight excluding hydrogens is 897 g/mol. The molecule has 15 rings (SSSR count). The first-order valence-electron chi connectivity index (χ1n) is 25.3. The quantitative estimate of drug-likeness (QED) is 0.149. The van der Waals surface area contributed by atoms with Gasteiger partial charge in [-0.05, 0) is 86.6 Å². The highest BCUT2D eigenvalue weighted by molar-refractivity contribution is 6.24. The molecule has 0 spiro atoms. The van der Waals surface area contributed by atoms with Gasteiger partial charge in [0.2, 0.25) is 0 Å². The van der Waals surface area contributed by atoms with Crippen molar-refractivity contribution in [2.45, 2.75) is 0 Å². The molecule has 15 aromatic rings. The lowest BCUT2D eigenvalue weighted by Crippen LogP contribution is -2.01. The summed E-state index contributed by atoms with van der Waals surface area (Å²) in [5.41, 5.74) is 16.9. The lowest BCUT2D eigenvalue weighted by molar-refractivity contribution is 1.18. The normalized spacial score (nSPS) is 11.8. The van der Waals surface area contributed by atoms with Gasteiger partial charge in [-0.3, -0.25) is 0 Å². The summed E-state index contributed by atoms with van der Waals surface area (Å²) in [6.07, 6.45) is 0. The number of hydrogen-bond acceptors (Lipinski definition) is 2. The molecule has 0 fully saturated rings. The Morgan fingerprint density at radius 1 is 0.230 bits per heavy atom. The van der Waals surface area contributed by atoms with Crippen LogP contribution in [-0.2, 0) is 0 Å². The number of rotatable bonds is 7. The van der Waals surface area contributed by atoms with Gasteiger partial charge in [-0.1, -0.05) is 218 Å². The second-order valence-corrected chi connectivity index (χ2v) is 19.3. The predicted octanol–water partition coefficient (Wildman–Crippen LogP) is 18.5. The Morgan fingerprint density at radius 3 is 1.20 bits per heavy atom. The molecule has 0 aliphatic heterocycles. The molecule has 4 nitrogen and oxygen atoms in total. The van der Waals surface area contributed by atoms with Crippen LogP contribution in [0.15, 0.2) is 267 Å². The molecule has 3 aromatic heterocycles. The fourth-order valence-electron chi connectivity index (χ4n) is 11.7. The summed E-state index contributed by atoms with van der Waals surface area (Å²) in [6, 6.07) is 96.4. The molecule has 0 saturated heterocycles. The van der Waals surface area contributed by atoms with Gasteiger partial charge in [-0.15, -0.1) is 0 Å². The number of hydrogen-bond donors (Lipinski definition) is 0. The van der Waals surface area contributed by atoms with Crippen molar-refractivity contribution in [3.63, 3.8) is 0 Å². The smallest absolute Gasteiger partial charge is 0.0973 e. The van der Waals surface area contributed by atoms with Gasteiger partial charge in [-0.25, -0.2) is 9.97 Å². The largest absolute Gasteiger partial charge is 0.309 e. The fourth-order valence-corrected chi connectivity index (χ4v) is 11.7. The molecule has 0 unspecified atom stereocenters. The number of fused-ring (bicyclic) bond motifs is 11. The lowest BCUT2D eigenvalue weighted by Gasteiger charge is -2.18. The summed E-state index contributed by atoms with van der Waals surface area (Å²) in [4.78, 5) is 11.1. The van der Waals surface area contributed by atoms with E-state index in [1.165, 1.54) is 81.7 Å². The lowest BCUT2D eigenvalue weighted by atomic mass is 9.93. The molecule has 0 aliphatic rings. The highest BCUT2D eigenvalue weighted by Gasteiger charge is 2.22.